The first-order valence-electron chi connectivity index (χ1n) is 6.91. The van der Waals surface area contributed by atoms with Crippen LogP contribution in [0, 0.1) is 6.92 Å². The maximum absolute atomic E-state index is 5.84. The minimum atomic E-state index is -0.0820. The molecule has 0 saturated carbocycles. The predicted octanol–water partition coefficient (Wildman–Crippen LogP) is 3.79. The number of aryl methyl sites for hydroxylation is 1. The Balaban J connectivity index is 2.50. The summed E-state index contributed by atoms with van der Waals surface area (Å²) in [5, 5.41) is 3.39. The highest BCUT2D eigenvalue weighted by molar-refractivity contribution is 5.20. The van der Waals surface area contributed by atoms with Crippen LogP contribution in [0.4, 0.5) is 0 Å². The number of hydrogen-bond acceptors (Lipinski definition) is 3. The van der Waals surface area contributed by atoms with Crippen molar-refractivity contribution < 1.29 is 9.15 Å². The number of rotatable bonds is 8. The van der Waals surface area contributed by atoms with Crippen LogP contribution in [0.2, 0.25) is 0 Å². The molecule has 1 aromatic rings. The van der Waals surface area contributed by atoms with Crippen LogP contribution in [-0.4, -0.2) is 12.1 Å². The molecule has 3 nitrogen and oxygen atoms in total. The minimum absolute atomic E-state index is 0.0820. The molecule has 0 aliphatic rings. The number of nitrogens with one attached hydrogen (secondary N) is 1. The maximum atomic E-state index is 5.84. The van der Waals surface area contributed by atoms with Crippen LogP contribution >= 0.6 is 0 Å². The van der Waals surface area contributed by atoms with Gasteiger partial charge in [-0.3, -0.25) is 0 Å². The van der Waals surface area contributed by atoms with Gasteiger partial charge in [0, 0.05) is 12.1 Å². The highest BCUT2D eigenvalue weighted by Gasteiger charge is 2.16. The van der Waals surface area contributed by atoms with Crippen molar-refractivity contribution in [2.75, 3.05) is 6.54 Å². The van der Waals surface area contributed by atoms with Crippen LogP contribution in [0.25, 0.3) is 0 Å². The van der Waals surface area contributed by atoms with E-state index in [9.17, 15) is 0 Å². The third-order valence-corrected chi connectivity index (χ3v) is 3.27. The Hall–Kier alpha value is -0.800. The fourth-order valence-electron chi connectivity index (χ4n) is 1.60. The number of ether oxygens (including phenoxy) is 1. The van der Waals surface area contributed by atoms with Gasteiger partial charge in [-0.25, -0.2) is 0 Å². The summed E-state index contributed by atoms with van der Waals surface area (Å²) in [7, 11) is 0. The number of hydrogen-bond donors (Lipinski definition) is 1. The second-order valence-electron chi connectivity index (χ2n) is 5.37. The second-order valence-corrected chi connectivity index (χ2v) is 5.37. The van der Waals surface area contributed by atoms with Crippen LogP contribution < -0.4 is 5.32 Å². The lowest BCUT2D eigenvalue weighted by Crippen LogP contribution is -2.22. The van der Waals surface area contributed by atoms with E-state index in [0.29, 0.717) is 6.61 Å². The van der Waals surface area contributed by atoms with Crippen molar-refractivity contribution in [2.24, 2.45) is 0 Å². The third-order valence-electron chi connectivity index (χ3n) is 3.27. The normalized spacial score (nSPS) is 12.1. The van der Waals surface area contributed by atoms with E-state index in [1.165, 1.54) is 5.56 Å². The summed E-state index contributed by atoms with van der Waals surface area (Å²) >= 11 is 0. The van der Waals surface area contributed by atoms with E-state index in [1.54, 1.807) is 0 Å². The van der Waals surface area contributed by atoms with Crippen molar-refractivity contribution in [3.8, 4) is 0 Å². The Bertz CT molecular complexity index is 355. The fraction of sp³-hybridized carbons (Fsp3) is 0.733. The monoisotopic (exact) mass is 253 g/mol. The summed E-state index contributed by atoms with van der Waals surface area (Å²) in [6, 6.07) is 2.10. The molecule has 0 atom stereocenters. The molecule has 0 saturated heterocycles. The summed E-state index contributed by atoms with van der Waals surface area (Å²) < 4.78 is 11.6. The zero-order valence-electron chi connectivity index (χ0n) is 12.4. The lowest BCUT2D eigenvalue weighted by atomic mass is 10.1. The van der Waals surface area contributed by atoms with Gasteiger partial charge in [0.05, 0.1) is 5.60 Å². The molecule has 3 heteroatoms. The first-order chi connectivity index (χ1) is 8.48. The van der Waals surface area contributed by atoms with Crippen LogP contribution in [0.1, 0.15) is 57.6 Å². The maximum Gasteiger partial charge on any atom is 0.130 e. The smallest absolute Gasteiger partial charge is 0.130 e. The highest BCUT2D eigenvalue weighted by Crippen LogP contribution is 2.20. The first kappa shape index (κ1) is 15.3. The molecule has 0 aromatic carbocycles. The Kier molecular flexibility index (Phi) is 5.89. The molecule has 1 rings (SSSR count). The van der Waals surface area contributed by atoms with Crippen molar-refractivity contribution >= 4 is 0 Å². The molecular weight excluding hydrogens is 226 g/mol. The predicted molar refractivity (Wildman–Crippen MR) is 74.6 cm³/mol. The van der Waals surface area contributed by atoms with Gasteiger partial charge in [0.25, 0.3) is 0 Å². The molecule has 104 valence electrons. The van der Waals surface area contributed by atoms with Crippen LogP contribution in [0.15, 0.2) is 10.5 Å². The molecular formula is C15H27NO2. The average molecular weight is 253 g/mol. The molecule has 0 aliphatic heterocycles. The zero-order chi connectivity index (χ0) is 13.6. The molecule has 1 heterocycles. The Morgan fingerprint density at radius 2 is 2.06 bits per heavy atom. The van der Waals surface area contributed by atoms with Gasteiger partial charge >= 0.3 is 0 Å². The van der Waals surface area contributed by atoms with E-state index >= 15 is 0 Å². The van der Waals surface area contributed by atoms with E-state index < -0.39 is 0 Å². The van der Waals surface area contributed by atoms with Gasteiger partial charge in [-0.1, -0.05) is 13.8 Å². The summed E-state index contributed by atoms with van der Waals surface area (Å²) in [6.07, 6.45) is 2.15. The first-order valence-corrected chi connectivity index (χ1v) is 6.91. The lowest BCUT2D eigenvalue weighted by molar-refractivity contribution is -0.0385. The summed E-state index contributed by atoms with van der Waals surface area (Å²) in [4.78, 5) is 0. The van der Waals surface area contributed by atoms with Crippen LogP contribution in [0.5, 0.6) is 0 Å². The molecule has 0 unspecified atom stereocenters. The van der Waals surface area contributed by atoms with E-state index in [-0.39, 0.29) is 5.60 Å². The van der Waals surface area contributed by atoms with Crippen molar-refractivity contribution in [3.05, 3.63) is 23.2 Å². The molecule has 0 bridgehead atoms. The van der Waals surface area contributed by atoms with Gasteiger partial charge in [0.2, 0.25) is 0 Å². The summed E-state index contributed by atoms with van der Waals surface area (Å²) in [5.74, 6) is 1.91. The van der Waals surface area contributed by atoms with E-state index in [1.807, 2.05) is 6.92 Å². The van der Waals surface area contributed by atoms with Gasteiger partial charge < -0.3 is 14.5 Å². The SMILES string of the molecule is CCCNCc1cc(COC(C)(C)CC)oc1C. The Morgan fingerprint density at radius 3 is 2.67 bits per heavy atom. The molecule has 0 radical (unpaired) electrons. The largest absolute Gasteiger partial charge is 0.464 e. The van der Waals surface area contributed by atoms with Crippen molar-refractivity contribution in [3.63, 3.8) is 0 Å². The second kappa shape index (κ2) is 6.95. The molecule has 0 fully saturated rings. The quantitative estimate of drug-likeness (QED) is 0.716. The molecule has 0 amide bonds. The van der Waals surface area contributed by atoms with E-state index in [2.05, 4.69) is 39.1 Å². The molecule has 0 spiro atoms. The summed E-state index contributed by atoms with van der Waals surface area (Å²) in [6.45, 7) is 13.0. The van der Waals surface area contributed by atoms with Gasteiger partial charge in [-0.05, 0) is 46.2 Å². The standard InChI is InChI=1S/C15H27NO2/c1-6-8-16-10-13-9-14(18-12(13)3)11-17-15(4,5)7-2/h9,16H,6-8,10-11H2,1-5H3. The Labute approximate surface area is 111 Å². The van der Waals surface area contributed by atoms with E-state index in [0.717, 1.165) is 37.5 Å². The lowest BCUT2D eigenvalue weighted by Gasteiger charge is -2.22. The minimum Gasteiger partial charge on any atom is -0.464 e. The summed E-state index contributed by atoms with van der Waals surface area (Å²) in [5.41, 5.74) is 1.15. The van der Waals surface area contributed by atoms with Gasteiger partial charge in [-0.15, -0.1) is 0 Å². The van der Waals surface area contributed by atoms with Gasteiger partial charge in [0.1, 0.15) is 18.1 Å². The highest BCUT2D eigenvalue weighted by atomic mass is 16.5. The topological polar surface area (TPSA) is 34.4 Å². The average Bonchev–Trinajstić information content (AvgIpc) is 2.69. The molecule has 1 aromatic heterocycles. The third kappa shape index (κ3) is 4.83. The molecule has 1 N–H and O–H groups in total. The zero-order valence-corrected chi connectivity index (χ0v) is 12.4. The molecule has 0 aliphatic carbocycles. The molecule has 18 heavy (non-hydrogen) atoms. The van der Waals surface area contributed by atoms with Gasteiger partial charge in [0.15, 0.2) is 0 Å². The van der Waals surface area contributed by atoms with Gasteiger partial charge in [-0.2, -0.15) is 0 Å². The number of furan rings is 1. The fourth-order valence-corrected chi connectivity index (χ4v) is 1.60. The Morgan fingerprint density at radius 1 is 1.33 bits per heavy atom. The van der Waals surface area contributed by atoms with Crippen LogP contribution in [-0.2, 0) is 17.9 Å². The van der Waals surface area contributed by atoms with Crippen molar-refractivity contribution in [2.45, 2.75) is 66.2 Å². The van der Waals surface area contributed by atoms with Crippen LogP contribution in [0.3, 0.4) is 0 Å². The van der Waals surface area contributed by atoms with E-state index in [4.69, 9.17) is 9.15 Å². The van der Waals surface area contributed by atoms with Crippen molar-refractivity contribution in [1.82, 2.24) is 5.32 Å². The van der Waals surface area contributed by atoms with Crippen molar-refractivity contribution in [1.29, 1.82) is 0 Å².